The predicted octanol–water partition coefficient (Wildman–Crippen LogP) is 4.03. The first kappa shape index (κ1) is 20.3. The van der Waals surface area contributed by atoms with E-state index in [9.17, 15) is 22.8 Å². The summed E-state index contributed by atoms with van der Waals surface area (Å²) in [6.07, 6.45) is -4.54. The summed E-state index contributed by atoms with van der Waals surface area (Å²) in [5.41, 5.74) is 1.70. The molecule has 0 aliphatic carbocycles. The fourth-order valence-corrected chi connectivity index (χ4v) is 2.41. The molecule has 0 bridgehead atoms. The van der Waals surface area contributed by atoms with E-state index in [1.54, 1.807) is 31.2 Å². The molecule has 2 aromatic carbocycles. The molecule has 2 N–H and O–H groups in total. The summed E-state index contributed by atoms with van der Waals surface area (Å²) in [6.45, 7) is 1.61. The lowest BCUT2D eigenvalue weighted by Crippen LogP contribution is -2.18. The van der Waals surface area contributed by atoms with Crippen LogP contribution >= 0.6 is 0 Å². The zero-order chi connectivity index (χ0) is 20.0. The Morgan fingerprint density at radius 2 is 1.78 bits per heavy atom. The zero-order valence-electron chi connectivity index (χ0n) is 14.4. The summed E-state index contributed by atoms with van der Waals surface area (Å²) >= 11 is 0. The van der Waals surface area contributed by atoms with Crippen LogP contribution in [0, 0.1) is 5.92 Å². The summed E-state index contributed by atoms with van der Waals surface area (Å²) in [6, 6.07) is 11.9. The van der Waals surface area contributed by atoms with Crippen LogP contribution in [0.15, 0.2) is 48.5 Å². The molecule has 0 fully saturated rings. The van der Waals surface area contributed by atoms with Crippen molar-refractivity contribution in [3.05, 3.63) is 59.7 Å². The van der Waals surface area contributed by atoms with Gasteiger partial charge < -0.3 is 15.2 Å². The number of aliphatic carboxylic acids is 1. The molecule has 0 saturated carbocycles. The molecule has 0 radical (unpaired) electrons. The standard InChI is InChI=1S/C19H18F3NO4/c1-12(18(25)26)9-13-5-7-15(8-6-13)23-17(24)11-14-3-2-4-16(10-14)27-19(20,21)22/h2-8,10,12H,9,11H2,1H3,(H,23,24)(H,25,26). The van der Waals surface area contributed by atoms with Crippen LogP contribution < -0.4 is 10.1 Å². The quantitative estimate of drug-likeness (QED) is 0.759. The van der Waals surface area contributed by atoms with Crippen LogP contribution in [0.3, 0.4) is 0 Å². The molecular formula is C19H18F3NO4. The van der Waals surface area contributed by atoms with E-state index in [1.165, 1.54) is 12.1 Å². The maximum atomic E-state index is 12.2. The third kappa shape index (κ3) is 7.01. The summed E-state index contributed by atoms with van der Waals surface area (Å²) in [7, 11) is 0. The van der Waals surface area contributed by atoms with Gasteiger partial charge in [0.05, 0.1) is 12.3 Å². The van der Waals surface area contributed by atoms with Crippen LogP contribution in [0.25, 0.3) is 0 Å². The van der Waals surface area contributed by atoms with Gasteiger partial charge in [0.2, 0.25) is 5.91 Å². The van der Waals surface area contributed by atoms with Crippen LogP contribution in [0.1, 0.15) is 18.1 Å². The average Bonchev–Trinajstić information content (AvgIpc) is 2.55. The molecule has 2 rings (SSSR count). The van der Waals surface area contributed by atoms with Crippen molar-refractivity contribution in [2.24, 2.45) is 5.92 Å². The third-order valence-corrected chi connectivity index (χ3v) is 3.70. The van der Waals surface area contributed by atoms with Crippen molar-refractivity contribution in [3.8, 4) is 5.75 Å². The molecular weight excluding hydrogens is 363 g/mol. The molecule has 2 aromatic rings. The second-order valence-corrected chi connectivity index (χ2v) is 6.06. The Morgan fingerprint density at radius 3 is 2.37 bits per heavy atom. The molecule has 144 valence electrons. The Morgan fingerprint density at radius 1 is 1.11 bits per heavy atom. The van der Waals surface area contributed by atoms with Crippen molar-refractivity contribution in [3.63, 3.8) is 0 Å². The van der Waals surface area contributed by atoms with E-state index in [4.69, 9.17) is 5.11 Å². The molecule has 0 aliphatic rings. The van der Waals surface area contributed by atoms with Gasteiger partial charge in [0.25, 0.3) is 0 Å². The van der Waals surface area contributed by atoms with E-state index in [1.807, 2.05) is 0 Å². The SMILES string of the molecule is CC(Cc1ccc(NC(=O)Cc2cccc(OC(F)(F)F)c2)cc1)C(=O)O. The number of hydrogen-bond acceptors (Lipinski definition) is 3. The number of carboxylic acids is 1. The monoisotopic (exact) mass is 381 g/mol. The summed E-state index contributed by atoms with van der Waals surface area (Å²) in [5, 5.41) is 11.6. The highest BCUT2D eigenvalue weighted by molar-refractivity contribution is 5.92. The minimum atomic E-state index is -4.79. The second-order valence-electron chi connectivity index (χ2n) is 6.06. The lowest BCUT2D eigenvalue weighted by Gasteiger charge is -2.11. The lowest BCUT2D eigenvalue weighted by molar-refractivity contribution is -0.274. The van der Waals surface area contributed by atoms with Crippen molar-refractivity contribution >= 4 is 17.6 Å². The molecule has 1 unspecified atom stereocenters. The van der Waals surface area contributed by atoms with Gasteiger partial charge >= 0.3 is 12.3 Å². The number of alkyl halides is 3. The molecule has 0 heterocycles. The number of amides is 1. The molecule has 8 heteroatoms. The number of hydrogen-bond donors (Lipinski definition) is 2. The van der Waals surface area contributed by atoms with Gasteiger partial charge in [-0.15, -0.1) is 13.2 Å². The second kappa shape index (κ2) is 8.57. The number of carbonyl (C=O) groups excluding carboxylic acids is 1. The molecule has 5 nitrogen and oxygen atoms in total. The fourth-order valence-electron chi connectivity index (χ4n) is 2.41. The molecule has 0 spiro atoms. The minimum absolute atomic E-state index is 0.118. The van der Waals surface area contributed by atoms with Gasteiger partial charge in [-0.05, 0) is 41.8 Å². The van der Waals surface area contributed by atoms with Crippen molar-refractivity contribution in [2.45, 2.75) is 26.1 Å². The van der Waals surface area contributed by atoms with Gasteiger partial charge in [-0.1, -0.05) is 31.2 Å². The van der Waals surface area contributed by atoms with Crippen LogP contribution in [-0.2, 0) is 22.4 Å². The van der Waals surface area contributed by atoms with Crippen molar-refractivity contribution in [1.82, 2.24) is 0 Å². The van der Waals surface area contributed by atoms with Gasteiger partial charge in [-0.25, -0.2) is 0 Å². The first-order valence-corrected chi connectivity index (χ1v) is 8.08. The Labute approximate surface area is 153 Å². The Balaban J connectivity index is 1.94. The van der Waals surface area contributed by atoms with Gasteiger partial charge in [-0.2, -0.15) is 0 Å². The highest BCUT2D eigenvalue weighted by atomic mass is 19.4. The van der Waals surface area contributed by atoms with E-state index in [0.717, 1.165) is 17.7 Å². The number of halogens is 3. The Kier molecular flexibility index (Phi) is 6.44. The molecule has 1 atom stereocenters. The van der Waals surface area contributed by atoms with E-state index in [0.29, 0.717) is 17.7 Å². The Bertz CT molecular complexity index is 803. The van der Waals surface area contributed by atoms with Crippen molar-refractivity contribution in [1.29, 1.82) is 0 Å². The Hall–Kier alpha value is -3.03. The smallest absolute Gasteiger partial charge is 0.481 e. The fraction of sp³-hybridized carbons (Fsp3) is 0.263. The van der Waals surface area contributed by atoms with E-state index < -0.39 is 24.2 Å². The predicted molar refractivity (Wildman–Crippen MR) is 92.4 cm³/mol. The molecule has 0 aromatic heterocycles. The topological polar surface area (TPSA) is 75.6 Å². The molecule has 0 saturated heterocycles. The highest BCUT2D eigenvalue weighted by Crippen LogP contribution is 2.23. The van der Waals surface area contributed by atoms with Gasteiger partial charge in [0.15, 0.2) is 0 Å². The number of carboxylic acid groups (broad SMARTS) is 1. The first-order valence-electron chi connectivity index (χ1n) is 8.08. The van der Waals surface area contributed by atoms with Crippen LogP contribution in [0.5, 0.6) is 5.75 Å². The summed E-state index contributed by atoms with van der Waals surface area (Å²) < 4.78 is 40.6. The van der Waals surface area contributed by atoms with Crippen molar-refractivity contribution in [2.75, 3.05) is 5.32 Å². The number of benzene rings is 2. The number of nitrogens with one attached hydrogen (secondary N) is 1. The summed E-state index contributed by atoms with van der Waals surface area (Å²) in [5.74, 6) is -2.18. The van der Waals surface area contributed by atoms with Gasteiger partial charge in [-0.3, -0.25) is 9.59 Å². The number of carbonyl (C=O) groups is 2. The van der Waals surface area contributed by atoms with Crippen LogP contribution in [-0.4, -0.2) is 23.3 Å². The van der Waals surface area contributed by atoms with E-state index in [2.05, 4.69) is 10.1 Å². The van der Waals surface area contributed by atoms with Crippen molar-refractivity contribution < 1.29 is 32.6 Å². The first-order chi connectivity index (χ1) is 12.6. The average molecular weight is 381 g/mol. The van der Waals surface area contributed by atoms with Crippen LogP contribution in [0.2, 0.25) is 0 Å². The normalized spacial score (nSPS) is 12.3. The van der Waals surface area contributed by atoms with E-state index >= 15 is 0 Å². The largest absolute Gasteiger partial charge is 0.573 e. The van der Waals surface area contributed by atoms with Gasteiger partial charge in [0.1, 0.15) is 5.75 Å². The highest BCUT2D eigenvalue weighted by Gasteiger charge is 2.31. The molecule has 0 aliphatic heterocycles. The lowest BCUT2D eigenvalue weighted by atomic mass is 10.0. The third-order valence-electron chi connectivity index (χ3n) is 3.70. The molecule has 1 amide bonds. The number of rotatable bonds is 7. The minimum Gasteiger partial charge on any atom is -0.481 e. The maximum absolute atomic E-state index is 12.2. The molecule has 27 heavy (non-hydrogen) atoms. The number of ether oxygens (including phenoxy) is 1. The van der Waals surface area contributed by atoms with Gasteiger partial charge in [0, 0.05) is 5.69 Å². The van der Waals surface area contributed by atoms with Crippen LogP contribution in [0.4, 0.5) is 18.9 Å². The maximum Gasteiger partial charge on any atom is 0.573 e. The number of anilines is 1. The summed E-state index contributed by atoms with van der Waals surface area (Å²) in [4.78, 5) is 22.9. The van der Waals surface area contributed by atoms with E-state index in [-0.39, 0.29) is 12.2 Å². The zero-order valence-corrected chi connectivity index (χ0v) is 14.4.